The van der Waals surface area contributed by atoms with Crippen molar-refractivity contribution >= 4 is 40.6 Å². The molecule has 0 N–H and O–H groups in total. The zero-order valence-corrected chi connectivity index (χ0v) is 17.7. The highest BCUT2D eigenvalue weighted by molar-refractivity contribution is 8.18. The third kappa shape index (κ3) is 4.38. The summed E-state index contributed by atoms with van der Waals surface area (Å²) in [6.07, 6.45) is 1.71. The van der Waals surface area contributed by atoms with Crippen LogP contribution in [-0.4, -0.2) is 85.5 Å². The highest BCUT2D eigenvalue weighted by Gasteiger charge is 2.42. The number of hydrogen-bond donors (Lipinski definition) is 0. The van der Waals surface area contributed by atoms with Gasteiger partial charge in [-0.25, -0.2) is 0 Å². The molecule has 30 heavy (non-hydrogen) atoms. The second kappa shape index (κ2) is 9.20. The smallest absolute Gasteiger partial charge is 0.294 e. The number of rotatable bonds is 4. The molecule has 0 aliphatic carbocycles. The van der Waals surface area contributed by atoms with Gasteiger partial charge in [0.1, 0.15) is 6.04 Å². The van der Waals surface area contributed by atoms with Crippen LogP contribution in [-0.2, 0) is 19.1 Å². The van der Waals surface area contributed by atoms with Crippen LogP contribution in [0.2, 0.25) is 0 Å². The van der Waals surface area contributed by atoms with E-state index in [2.05, 4.69) is 4.90 Å². The third-order valence-corrected chi connectivity index (χ3v) is 6.34. The molecule has 3 saturated heterocycles. The van der Waals surface area contributed by atoms with E-state index in [1.54, 1.807) is 17.9 Å². The normalized spacial score (nSPS) is 22.7. The summed E-state index contributed by atoms with van der Waals surface area (Å²) >= 11 is 0.877. The van der Waals surface area contributed by atoms with Crippen LogP contribution in [0.3, 0.4) is 0 Å². The number of morpholine rings is 2. The van der Waals surface area contributed by atoms with E-state index in [1.807, 2.05) is 24.3 Å². The van der Waals surface area contributed by atoms with E-state index in [1.165, 1.54) is 0 Å². The van der Waals surface area contributed by atoms with Crippen molar-refractivity contribution in [3.8, 4) is 0 Å². The van der Waals surface area contributed by atoms with Crippen LogP contribution >= 0.6 is 11.8 Å². The van der Waals surface area contributed by atoms with Gasteiger partial charge in [-0.15, -0.1) is 0 Å². The maximum Gasteiger partial charge on any atom is 0.294 e. The Bertz CT molecular complexity index is 845. The lowest BCUT2D eigenvalue weighted by Gasteiger charge is -2.31. The van der Waals surface area contributed by atoms with Crippen molar-refractivity contribution in [2.75, 3.05) is 57.5 Å². The van der Waals surface area contributed by atoms with E-state index in [9.17, 15) is 14.4 Å². The predicted octanol–water partition coefficient (Wildman–Crippen LogP) is 1.81. The van der Waals surface area contributed by atoms with E-state index in [0.717, 1.165) is 54.2 Å². The molecule has 1 atom stereocenters. The Morgan fingerprint density at radius 2 is 1.60 bits per heavy atom. The Hall–Kier alpha value is -2.36. The van der Waals surface area contributed by atoms with Gasteiger partial charge in [-0.05, 0) is 42.5 Å². The molecule has 9 heteroatoms. The molecule has 3 fully saturated rings. The molecular weight excluding hydrogens is 406 g/mol. The second-order valence-corrected chi connectivity index (χ2v) is 8.35. The fourth-order valence-corrected chi connectivity index (χ4v) is 4.63. The van der Waals surface area contributed by atoms with Crippen LogP contribution in [0.1, 0.15) is 12.5 Å². The molecule has 1 aromatic rings. The molecule has 1 aromatic carbocycles. The monoisotopic (exact) mass is 431 g/mol. The molecule has 0 aromatic heterocycles. The van der Waals surface area contributed by atoms with E-state index in [-0.39, 0.29) is 5.91 Å². The molecule has 0 saturated carbocycles. The average Bonchev–Trinajstić information content (AvgIpc) is 3.07. The van der Waals surface area contributed by atoms with Crippen molar-refractivity contribution in [3.05, 3.63) is 34.7 Å². The largest absolute Gasteiger partial charge is 0.378 e. The van der Waals surface area contributed by atoms with Crippen molar-refractivity contribution in [1.29, 1.82) is 0 Å². The van der Waals surface area contributed by atoms with Gasteiger partial charge < -0.3 is 19.3 Å². The lowest BCUT2D eigenvalue weighted by Crippen LogP contribution is -2.51. The summed E-state index contributed by atoms with van der Waals surface area (Å²) in [5.41, 5.74) is 1.94. The summed E-state index contributed by atoms with van der Waals surface area (Å²) in [5.74, 6) is -0.645. The number of benzene rings is 1. The van der Waals surface area contributed by atoms with E-state index < -0.39 is 17.2 Å². The number of ether oxygens (including phenoxy) is 2. The summed E-state index contributed by atoms with van der Waals surface area (Å²) in [6.45, 7) is 6.65. The fraction of sp³-hybridized carbons (Fsp3) is 0.476. The summed E-state index contributed by atoms with van der Waals surface area (Å²) in [4.78, 5) is 43.4. The van der Waals surface area contributed by atoms with Gasteiger partial charge in [0, 0.05) is 31.9 Å². The van der Waals surface area contributed by atoms with Crippen molar-refractivity contribution in [2.24, 2.45) is 0 Å². The number of amides is 3. The van der Waals surface area contributed by atoms with Crippen molar-refractivity contribution in [1.82, 2.24) is 9.80 Å². The number of nitrogens with zero attached hydrogens (tertiary/aromatic N) is 3. The molecule has 3 heterocycles. The zero-order valence-electron chi connectivity index (χ0n) is 16.9. The Morgan fingerprint density at radius 3 is 2.23 bits per heavy atom. The molecule has 3 amide bonds. The molecule has 0 radical (unpaired) electrons. The lowest BCUT2D eigenvalue weighted by molar-refractivity contribution is -0.143. The first-order valence-corrected chi connectivity index (χ1v) is 10.9. The lowest BCUT2D eigenvalue weighted by atomic mass is 10.1. The molecule has 160 valence electrons. The first-order valence-electron chi connectivity index (χ1n) is 10.1. The number of imide groups is 1. The highest BCUT2D eigenvalue weighted by Crippen LogP contribution is 2.34. The maximum atomic E-state index is 12.9. The van der Waals surface area contributed by atoms with E-state index >= 15 is 0 Å². The van der Waals surface area contributed by atoms with Crippen molar-refractivity contribution in [2.45, 2.75) is 13.0 Å². The Morgan fingerprint density at radius 1 is 1.00 bits per heavy atom. The van der Waals surface area contributed by atoms with Crippen LogP contribution in [0.15, 0.2) is 29.2 Å². The Labute approximate surface area is 179 Å². The van der Waals surface area contributed by atoms with Gasteiger partial charge in [-0.3, -0.25) is 19.3 Å². The first-order chi connectivity index (χ1) is 14.5. The zero-order chi connectivity index (χ0) is 21.1. The fourth-order valence-electron chi connectivity index (χ4n) is 3.73. The minimum atomic E-state index is -0.829. The molecular formula is C21H25N3O5S. The first kappa shape index (κ1) is 20.9. The van der Waals surface area contributed by atoms with Gasteiger partial charge in [0.15, 0.2) is 0 Å². The number of hydrogen-bond acceptors (Lipinski definition) is 7. The number of carbonyl (C=O) groups excluding carboxylic acids is 3. The van der Waals surface area contributed by atoms with Gasteiger partial charge in [0.2, 0.25) is 5.91 Å². The number of thioether (sulfide) groups is 1. The average molecular weight is 432 g/mol. The highest BCUT2D eigenvalue weighted by atomic mass is 32.2. The molecule has 4 rings (SSSR count). The van der Waals surface area contributed by atoms with Crippen LogP contribution < -0.4 is 4.90 Å². The Balaban J connectivity index is 1.45. The summed E-state index contributed by atoms with van der Waals surface area (Å²) in [5, 5.41) is -0.412. The van der Waals surface area contributed by atoms with Gasteiger partial charge in [0.05, 0.1) is 31.3 Å². The van der Waals surface area contributed by atoms with Crippen molar-refractivity contribution in [3.63, 3.8) is 0 Å². The van der Waals surface area contributed by atoms with E-state index in [0.29, 0.717) is 31.2 Å². The van der Waals surface area contributed by atoms with Gasteiger partial charge in [0.25, 0.3) is 11.1 Å². The quantitative estimate of drug-likeness (QED) is 0.673. The summed E-state index contributed by atoms with van der Waals surface area (Å²) < 4.78 is 10.6. The second-order valence-electron chi connectivity index (χ2n) is 7.36. The van der Waals surface area contributed by atoms with Crippen LogP contribution in [0, 0.1) is 0 Å². The third-order valence-electron chi connectivity index (χ3n) is 5.46. The summed E-state index contributed by atoms with van der Waals surface area (Å²) in [6, 6.07) is 7.05. The topological polar surface area (TPSA) is 79.4 Å². The van der Waals surface area contributed by atoms with Gasteiger partial charge in [-0.1, -0.05) is 12.1 Å². The van der Waals surface area contributed by atoms with Gasteiger partial charge >= 0.3 is 0 Å². The summed E-state index contributed by atoms with van der Waals surface area (Å²) in [7, 11) is 0. The molecule has 0 bridgehead atoms. The molecule has 3 aliphatic rings. The molecule has 0 spiro atoms. The molecule has 3 aliphatic heterocycles. The predicted molar refractivity (Wildman–Crippen MR) is 114 cm³/mol. The van der Waals surface area contributed by atoms with Crippen LogP contribution in [0.25, 0.3) is 6.08 Å². The van der Waals surface area contributed by atoms with Crippen LogP contribution in [0.5, 0.6) is 0 Å². The standard InChI is InChI=1S/C21H25N3O5S/c1-15(19(25)23-8-12-29-13-9-23)24-20(26)18(30-21(24)27)14-16-2-4-17(5-3-16)22-6-10-28-11-7-22/h2-5,14-15H,6-13H2,1H3/b18-14-. The molecule has 1 unspecified atom stereocenters. The Kier molecular flexibility index (Phi) is 6.40. The van der Waals surface area contributed by atoms with Crippen LogP contribution in [0.4, 0.5) is 10.5 Å². The minimum absolute atomic E-state index is 0.225. The number of anilines is 1. The number of carbonyl (C=O) groups is 3. The molecule has 8 nitrogen and oxygen atoms in total. The van der Waals surface area contributed by atoms with E-state index in [4.69, 9.17) is 9.47 Å². The SMILES string of the molecule is CC(C(=O)N1CCOCC1)N1C(=O)S/C(=C\c2ccc(N3CCOCC3)cc2)C1=O. The minimum Gasteiger partial charge on any atom is -0.378 e. The van der Waals surface area contributed by atoms with Crippen molar-refractivity contribution < 1.29 is 23.9 Å². The maximum absolute atomic E-state index is 12.9. The van der Waals surface area contributed by atoms with Gasteiger partial charge in [-0.2, -0.15) is 0 Å².